The summed E-state index contributed by atoms with van der Waals surface area (Å²) in [4.78, 5) is 22.3. The van der Waals surface area contributed by atoms with Crippen molar-refractivity contribution >= 4 is 28.9 Å². The predicted octanol–water partition coefficient (Wildman–Crippen LogP) is 2.61. The summed E-state index contributed by atoms with van der Waals surface area (Å²) >= 11 is 5.64. The molecule has 0 aliphatic heterocycles. The smallest absolute Gasteiger partial charge is 0.164 e. The number of carbonyl (C=O) groups is 2. The maximum atomic E-state index is 13.2. The molecule has 1 rings (SSSR count). The van der Waals surface area contributed by atoms with Gasteiger partial charge >= 0.3 is 0 Å². The van der Waals surface area contributed by atoms with Gasteiger partial charge in [0.2, 0.25) is 0 Å². The van der Waals surface area contributed by atoms with Gasteiger partial charge in [-0.05, 0) is 19.1 Å². The minimum absolute atomic E-state index is 0.0119. The van der Waals surface area contributed by atoms with Crippen molar-refractivity contribution in [2.75, 3.05) is 5.73 Å². The van der Waals surface area contributed by atoms with E-state index in [0.717, 1.165) is 6.07 Å². The minimum atomic E-state index is -0.729. The molecule has 0 saturated carbocycles. The number of carbonyl (C=O) groups excluding carboxylic acids is 2. The highest BCUT2D eigenvalue weighted by Gasteiger charge is 2.15. The molecular formula is C11H11ClFNO2. The Balaban J connectivity index is 2.95. The van der Waals surface area contributed by atoms with Crippen molar-refractivity contribution < 1.29 is 14.0 Å². The lowest BCUT2D eigenvalue weighted by Gasteiger charge is -2.05. The van der Waals surface area contributed by atoms with E-state index in [1.54, 1.807) is 0 Å². The summed E-state index contributed by atoms with van der Waals surface area (Å²) in [6, 6.07) is 2.36. The molecule has 0 atom stereocenters. The molecule has 0 fully saturated rings. The monoisotopic (exact) mass is 243 g/mol. The first kappa shape index (κ1) is 12.6. The van der Waals surface area contributed by atoms with Crippen LogP contribution in [0.1, 0.15) is 30.1 Å². The largest absolute Gasteiger partial charge is 0.399 e. The third kappa shape index (κ3) is 3.03. The Kier molecular flexibility index (Phi) is 4.01. The fourth-order valence-corrected chi connectivity index (χ4v) is 1.45. The van der Waals surface area contributed by atoms with Gasteiger partial charge < -0.3 is 10.5 Å². The second-order valence-electron chi connectivity index (χ2n) is 3.49. The van der Waals surface area contributed by atoms with E-state index in [1.165, 1.54) is 13.0 Å². The number of nitrogens with two attached hydrogens (primary N) is 1. The Bertz CT molecular complexity index is 446. The SMILES string of the molecule is CC(=O)CCC(=O)c1cc(N)cc(F)c1Cl. The average Bonchev–Trinajstić information content (AvgIpc) is 2.19. The van der Waals surface area contributed by atoms with Gasteiger partial charge in [-0.15, -0.1) is 0 Å². The number of benzene rings is 1. The predicted molar refractivity (Wildman–Crippen MR) is 60.1 cm³/mol. The molecule has 0 aliphatic carbocycles. The second-order valence-corrected chi connectivity index (χ2v) is 3.87. The molecule has 86 valence electrons. The average molecular weight is 244 g/mol. The van der Waals surface area contributed by atoms with Crippen LogP contribution in [-0.2, 0) is 4.79 Å². The maximum absolute atomic E-state index is 13.2. The van der Waals surface area contributed by atoms with Gasteiger partial charge in [0, 0.05) is 24.1 Å². The Hall–Kier alpha value is -1.42. The molecule has 0 saturated heterocycles. The molecule has 0 heterocycles. The Morgan fingerprint density at radius 2 is 2.00 bits per heavy atom. The van der Waals surface area contributed by atoms with E-state index in [0.29, 0.717) is 0 Å². The van der Waals surface area contributed by atoms with Crippen molar-refractivity contribution in [3.8, 4) is 0 Å². The van der Waals surface area contributed by atoms with Gasteiger partial charge in [-0.25, -0.2) is 4.39 Å². The van der Waals surface area contributed by atoms with Gasteiger partial charge in [0.25, 0.3) is 0 Å². The summed E-state index contributed by atoms with van der Waals surface area (Å²) < 4.78 is 13.2. The van der Waals surface area contributed by atoms with E-state index in [9.17, 15) is 14.0 Å². The van der Waals surface area contributed by atoms with Crippen molar-refractivity contribution in [3.05, 3.63) is 28.5 Å². The second kappa shape index (κ2) is 5.07. The van der Waals surface area contributed by atoms with Gasteiger partial charge in [0.05, 0.1) is 5.02 Å². The number of hydrogen-bond acceptors (Lipinski definition) is 3. The Morgan fingerprint density at radius 1 is 1.38 bits per heavy atom. The summed E-state index contributed by atoms with van der Waals surface area (Å²) in [5.74, 6) is -1.21. The first-order chi connectivity index (χ1) is 7.41. The summed E-state index contributed by atoms with van der Waals surface area (Å²) in [5, 5.41) is -0.247. The topological polar surface area (TPSA) is 60.2 Å². The molecule has 0 amide bonds. The lowest BCUT2D eigenvalue weighted by Crippen LogP contribution is -2.05. The van der Waals surface area contributed by atoms with Crippen LogP contribution >= 0.6 is 11.6 Å². The van der Waals surface area contributed by atoms with E-state index in [2.05, 4.69) is 0 Å². The zero-order valence-electron chi connectivity index (χ0n) is 8.72. The molecule has 0 bridgehead atoms. The number of Topliss-reactive ketones (excluding diaryl/α,β-unsaturated/α-hetero) is 2. The van der Waals surface area contributed by atoms with E-state index >= 15 is 0 Å². The van der Waals surface area contributed by atoms with Gasteiger partial charge in [-0.2, -0.15) is 0 Å². The van der Waals surface area contributed by atoms with Crippen LogP contribution in [0.25, 0.3) is 0 Å². The molecule has 0 aromatic heterocycles. The number of rotatable bonds is 4. The Morgan fingerprint density at radius 3 is 2.56 bits per heavy atom. The van der Waals surface area contributed by atoms with E-state index < -0.39 is 5.82 Å². The highest BCUT2D eigenvalue weighted by atomic mass is 35.5. The number of hydrogen-bond donors (Lipinski definition) is 1. The molecule has 2 N–H and O–H groups in total. The quantitative estimate of drug-likeness (QED) is 0.653. The lowest BCUT2D eigenvalue weighted by atomic mass is 10.0. The van der Waals surface area contributed by atoms with Crippen molar-refractivity contribution in [2.45, 2.75) is 19.8 Å². The van der Waals surface area contributed by atoms with E-state index in [-0.39, 0.29) is 40.7 Å². The molecule has 1 aromatic carbocycles. The molecule has 0 radical (unpaired) electrons. The Labute approximate surface area is 97.4 Å². The van der Waals surface area contributed by atoms with Crippen molar-refractivity contribution in [2.24, 2.45) is 0 Å². The van der Waals surface area contributed by atoms with Crippen LogP contribution in [0.2, 0.25) is 5.02 Å². The number of anilines is 1. The summed E-state index contributed by atoms with van der Waals surface area (Å²) in [6.07, 6.45) is 0.128. The van der Waals surface area contributed by atoms with Gasteiger partial charge in [-0.1, -0.05) is 11.6 Å². The third-order valence-corrected chi connectivity index (χ3v) is 2.44. The number of nitrogen functional groups attached to an aromatic ring is 1. The summed E-state index contributed by atoms with van der Waals surface area (Å²) in [5.41, 5.74) is 5.56. The summed E-state index contributed by atoms with van der Waals surface area (Å²) in [7, 11) is 0. The first-order valence-corrected chi connectivity index (χ1v) is 5.06. The van der Waals surface area contributed by atoms with Crippen molar-refractivity contribution in [3.63, 3.8) is 0 Å². The highest BCUT2D eigenvalue weighted by molar-refractivity contribution is 6.34. The normalized spacial score (nSPS) is 10.2. The molecule has 16 heavy (non-hydrogen) atoms. The van der Waals surface area contributed by atoms with Gasteiger partial charge in [-0.3, -0.25) is 4.79 Å². The number of ketones is 2. The molecule has 1 aromatic rings. The van der Waals surface area contributed by atoms with Gasteiger partial charge in [0.15, 0.2) is 5.78 Å². The fourth-order valence-electron chi connectivity index (χ4n) is 1.24. The molecule has 0 spiro atoms. The molecule has 5 heteroatoms. The van der Waals surface area contributed by atoms with E-state index in [1.807, 2.05) is 0 Å². The number of halogens is 2. The standard InChI is InChI=1S/C11H11ClFNO2/c1-6(15)2-3-10(16)8-4-7(14)5-9(13)11(8)12/h4-5H,2-3,14H2,1H3. The van der Waals surface area contributed by atoms with Crippen LogP contribution < -0.4 is 5.73 Å². The van der Waals surface area contributed by atoms with Crippen LogP contribution in [-0.4, -0.2) is 11.6 Å². The van der Waals surface area contributed by atoms with Crippen LogP contribution in [0, 0.1) is 5.82 Å². The molecule has 3 nitrogen and oxygen atoms in total. The van der Waals surface area contributed by atoms with Crippen molar-refractivity contribution in [1.82, 2.24) is 0 Å². The summed E-state index contributed by atoms with van der Waals surface area (Å²) in [6.45, 7) is 1.38. The van der Waals surface area contributed by atoms with Crippen LogP contribution in [0.15, 0.2) is 12.1 Å². The molecule has 0 aliphatic rings. The highest BCUT2D eigenvalue weighted by Crippen LogP contribution is 2.24. The molecule has 0 unspecified atom stereocenters. The fraction of sp³-hybridized carbons (Fsp3) is 0.273. The van der Waals surface area contributed by atoms with Gasteiger partial charge in [0.1, 0.15) is 11.6 Å². The van der Waals surface area contributed by atoms with E-state index in [4.69, 9.17) is 17.3 Å². The van der Waals surface area contributed by atoms with Crippen molar-refractivity contribution in [1.29, 1.82) is 0 Å². The maximum Gasteiger partial charge on any atom is 0.164 e. The minimum Gasteiger partial charge on any atom is -0.399 e. The third-order valence-electron chi connectivity index (χ3n) is 2.06. The first-order valence-electron chi connectivity index (χ1n) is 4.69. The lowest BCUT2D eigenvalue weighted by molar-refractivity contribution is -0.116. The molecular weight excluding hydrogens is 233 g/mol. The van der Waals surface area contributed by atoms with Crippen LogP contribution in [0.4, 0.5) is 10.1 Å². The van der Waals surface area contributed by atoms with Crippen LogP contribution in [0.3, 0.4) is 0 Å². The van der Waals surface area contributed by atoms with Crippen LogP contribution in [0.5, 0.6) is 0 Å². The zero-order chi connectivity index (χ0) is 12.3. The zero-order valence-corrected chi connectivity index (χ0v) is 9.47.